The minimum absolute atomic E-state index is 0.00227. The molecule has 0 saturated carbocycles. The highest BCUT2D eigenvalue weighted by Crippen LogP contribution is 2.39. The molecule has 0 spiro atoms. The summed E-state index contributed by atoms with van der Waals surface area (Å²) in [6.45, 7) is 2.88. The number of hydrogen-bond acceptors (Lipinski definition) is 2. The third-order valence-electron chi connectivity index (χ3n) is 4.73. The molecule has 1 saturated heterocycles. The largest absolute Gasteiger partial charge is 0.352 e. The van der Waals surface area contributed by atoms with Crippen LogP contribution in [-0.4, -0.2) is 26.1 Å². The highest BCUT2D eigenvalue weighted by Gasteiger charge is 2.40. The second-order valence-electron chi connectivity index (χ2n) is 6.19. The predicted molar refractivity (Wildman–Crippen MR) is 104 cm³/mol. The number of aromatic nitrogens is 2. The molecule has 1 N–H and O–H groups in total. The first-order chi connectivity index (χ1) is 12.7. The SMILES string of the molecule is CCN1C(=S)NC(c2ccccn2)C1c1cccn1-c1ccc(F)cc1. The normalized spacial score (nSPS) is 19.6. The molecule has 26 heavy (non-hydrogen) atoms. The van der Waals surface area contributed by atoms with E-state index in [4.69, 9.17) is 12.2 Å². The number of thiocarbonyl (C=S) groups is 1. The van der Waals surface area contributed by atoms with E-state index >= 15 is 0 Å². The van der Waals surface area contributed by atoms with Crippen molar-refractivity contribution in [2.24, 2.45) is 0 Å². The van der Waals surface area contributed by atoms with Gasteiger partial charge in [-0.05, 0) is 67.7 Å². The Labute approximate surface area is 157 Å². The molecule has 0 amide bonds. The fourth-order valence-electron chi connectivity index (χ4n) is 3.54. The third kappa shape index (κ3) is 2.86. The highest BCUT2D eigenvalue weighted by molar-refractivity contribution is 7.80. The molecular weight excluding hydrogens is 347 g/mol. The van der Waals surface area contributed by atoms with Crippen molar-refractivity contribution in [3.8, 4) is 5.69 Å². The van der Waals surface area contributed by atoms with Gasteiger partial charge in [0.25, 0.3) is 0 Å². The molecule has 2 unspecified atom stereocenters. The Hall–Kier alpha value is -2.73. The van der Waals surface area contributed by atoms with Gasteiger partial charge in [0.2, 0.25) is 0 Å². The third-order valence-corrected chi connectivity index (χ3v) is 5.08. The molecule has 1 aliphatic rings. The summed E-state index contributed by atoms with van der Waals surface area (Å²) in [5.74, 6) is -0.243. The summed E-state index contributed by atoms with van der Waals surface area (Å²) >= 11 is 5.57. The molecule has 1 aromatic carbocycles. The van der Waals surface area contributed by atoms with Crippen LogP contribution in [0.3, 0.4) is 0 Å². The van der Waals surface area contributed by atoms with E-state index in [0.717, 1.165) is 28.7 Å². The van der Waals surface area contributed by atoms with Gasteiger partial charge in [-0.2, -0.15) is 0 Å². The summed E-state index contributed by atoms with van der Waals surface area (Å²) in [5, 5.41) is 4.14. The average Bonchev–Trinajstić information content (AvgIpc) is 3.27. The summed E-state index contributed by atoms with van der Waals surface area (Å²) in [5.41, 5.74) is 2.95. The van der Waals surface area contributed by atoms with Crippen molar-refractivity contribution in [2.45, 2.75) is 19.0 Å². The quantitative estimate of drug-likeness (QED) is 0.708. The van der Waals surface area contributed by atoms with Crippen LogP contribution in [0.4, 0.5) is 4.39 Å². The Morgan fingerprint density at radius 1 is 1.12 bits per heavy atom. The maximum atomic E-state index is 13.3. The minimum atomic E-state index is -0.243. The van der Waals surface area contributed by atoms with Gasteiger partial charge in [0.15, 0.2) is 5.11 Å². The number of nitrogens with zero attached hydrogens (tertiary/aromatic N) is 3. The molecule has 0 aliphatic carbocycles. The fraction of sp³-hybridized carbons (Fsp3) is 0.200. The molecule has 0 bridgehead atoms. The van der Waals surface area contributed by atoms with Crippen LogP contribution in [-0.2, 0) is 0 Å². The molecule has 6 heteroatoms. The van der Waals surface area contributed by atoms with Crippen LogP contribution in [0.1, 0.15) is 30.4 Å². The topological polar surface area (TPSA) is 33.1 Å². The van der Waals surface area contributed by atoms with Gasteiger partial charge in [0.1, 0.15) is 5.82 Å². The maximum Gasteiger partial charge on any atom is 0.170 e. The van der Waals surface area contributed by atoms with E-state index in [9.17, 15) is 4.39 Å². The first-order valence-corrected chi connectivity index (χ1v) is 9.01. The molecule has 2 aromatic heterocycles. The van der Waals surface area contributed by atoms with Gasteiger partial charge in [-0.1, -0.05) is 6.07 Å². The number of hydrogen-bond donors (Lipinski definition) is 1. The summed E-state index contributed by atoms with van der Waals surface area (Å²) in [6.07, 6.45) is 3.79. The Morgan fingerprint density at radius 2 is 1.92 bits per heavy atom. The van der Waals surface area contributed by atoms with Gasteiger partial charge >= 0.3 is 0 Å². The number of halogens is 1. The Bertz CT molecular complexity index is 907. The number of likely N-dealkylation sites (N-methyl/N-ethyl adjacent to an activating group) is 1. The number of rotatable bonds is 4. The molecule has 1 aliphatic heterocycles. The molecular formula is C20H19FN4S. The van der Waals surface area contributed by atoms with E-state index in [1.807, 2.05) is 30.5 Å². The van der Waals surface area contributed by atoms with Crippen LogP contribution < -0.4 is 5.32 Å². The van der Waals surface area contributed by atoms with Crippen molar-refractivity contribution in [3.05, 3.63) is 84.2 Å². The summed E-state index contributed by atoms with van der Waals surface area (Å²) < 4.78 is 15.4. The first-order valence-electron chi connectivity index (χ1n) is 8.60. The second kappa shape index (κ2) is 6.88. The molecule has 3 heterocycles. The van der Waals surface area contributed by atoms with Crippen LogP contribution in [0.5, 0.6) is 0 Å². The zero-order valence-electron chi connectivity index (χ0n) is 14.3. The van der Waals surface area contributed by atoms with Gasteiger partial charge in [-0.3, -0.25) is 4.98 Å². The Balaban J connectivity index is 1.80. The van der Waals surface area contributed by atoms with Gasteiger partial charge in [-0.25, -0.2) is 4.39 Å². The van der Waals surface area contributed by atoms with E-state index < -0.39 is 0 Å². The Kier molecular flexibility index (Phi) is 4.42. The van der Waals surface area contributed by atoms with Gasteiger partial charge < -0.3 is 14.8 Å². The lowest BCUT2D eigenvalue weighted by Crippen LogP contribution is -2.30. The van der Waals surface area contributed by atoms with Crippen molar-refractivity contribution in [3.63, 3.8) is 0 Å². The number of benzene rings is 1. The van der Waals surface area contributed by atoms with E-state index in [1.54, 1.807) is 18.3 Å². The molecule has 4 nitrogen and oxygen atoms in total. The van der Waals surface area contributed by atoms with E-state index in [0.29, 0.717) is 0 Å². The van der Waals surface area contributed by atoms with Crippen LogP contribution in [0.15, 0.2) is 67.0 Å². The van der Waals surface area contributed by atoms with Gasteiger partial charge in [0.05, 0.1) is 17.8 Å². The monoisotopic (exact) mass is 366 g/mol. The number of nitrogens with one attached hydrogen (secondary N) is 1. The second-order valence-corrected chi connectivity index (χ2v) is 6.58. The van der Waals surface area contributed by atoms with Crippen molar-refractivity contribution in [1.29, 1.82) is 0 Å². The fourth-order valence-corrected chi connectivity index (χ4v) is 3.91. The lowest BCUT2D eigenvalue weighted by molar-refractivity contribution is 0.321. The van der Waals surface area contributed by atoms with Crippen molar-refractivity contribution in [2.75, 3.05) is 6.54 Å². The van der Waals surface area contributed by atoms with Gasteiger partial charge in [-0.15, -0.1) is 0 Å². The van der Waals surface area contributed by atoms with Crippen LogP contribution >= 0.6 is 12.2 Å². The van der Waals surface area contributed by atoms with Crippen molar-refractivity contribution in [1.82, 2.24) is 19.8 Å². The van der Waals surface area contributed by atoms with Crippen LogP contribution in [0.2, 0.25) is 0 Å². The lowest BCUT2D eigenvalue weighted by Gasteiger charge is -2.27. The molecule has 132 valence electrons. The minimum Gasteiger partial charge on any atom is -0.352 e. The first kappa shape index (κ1) is 16.7. The zero-order chi connectivity index (χ0) is 18.1. The summed E-state index contributed by atoms with van der Waals surface area (Å²) in [6, 6.07) is 16.5. The van der Waals surface area contributed by atoms with Crippen molar-refractivity contribution >= 4 is 17.3 Å². The van der Waals surface area contributed by atoms with Crippen LogP contribution in [0, 0.1) is 5.82 Å². The van der Waals surface area contributed by atoms with Crippen LogP contribution in [0.25, 0.3) is 5.69 Å². The lowest BCUT2D eigenvalue weighted by atomic mass is 10.0. The predicted octanol–water partition coefficient (Wildman–Crippen LogP) is 4.00. The van der Waals surface area contributed by atoms with Gasteiger partial charge in [0, 0.05) is 30.3 Å². The Morgan fingerprint density at radius 3 is 2.62 bits per heavy atom. The molecule has 3 aromatic rings. The molecule has 4 rings (SSSR count). The summed E-state index contributed by atoms with van der Waals surface area (Å²) in [7, 11) is 0. The highest BCUT2D eigenvalue weighted by atomic mass is 32.1. The summed E-state index contributed by atoms with van der Waals surface area (Å²) in [4.78, 5) is 6.70. The van der Waals surface area contributed by atoms with Crippen molar-refractivity contribution < 1.29 is 4.39 Å². The molecule has 2 atom stereocenters. The van der Waals surface area contributed by atoms with E-state index in [-0.39, 0.29) is 17.9 Å². The maximum absolute atomic E-state index is 13.3. The smallest absolute Gasteiger partial charge is 0.170 e. The molecule has 1 fully saturated rings. The van der Waals surface area contributed by atoms with E-state index in [2.05, 4.69) is 32.8 Å². The number of pyridine rings is 1. The van der Waals surface area contributed by atoms with E-state index in [1.165, 1.54) is 12.1 Å². The molecule has 0 radical (unpaired) electrons. The standard InChI is InChI=1S/C20H19FN4S/c1-2-24-19(18(23-20(24)26)16-6-3-4-12-22-16)17-7-5-13-25(17)15-10-8-14(21)9-11-15/h3-13,18-19H,2H2,1H3,(H,23,26). The average molecular weight is 366 g/mol. The zero-order valence-corrected chi connectivity index (χ0v) is 15.2.